The largest absolute Gasteiger partial charge is 0.417 e. The Morgan fingerprint density at radius 2 is 2.07 bits per heavy atom. The second-order valence-corrected chi connectivity index (χ2v) is 2.90. The normalized spacial score (nSPS) is 13.4. The Balaban J connectivity index is 0.000000128. The standard InChI is InChI=1S/C8H7N.C3H5NO/c1-2-4-8-7(3-1)5-6-9-8;1-2-4-5-3-1/h1-6,9H;1,3-4H,2H2. The molecule has 0 saturated heterocycles. The van der Waals surface area contributed by atoms with E-state index in [9.17, 15) is 0 Å². The van der Waals surface area contributed by atoms with Crippen LogP contribution in [-0.4, -0.2) is 11.5 Å². The number of hydrogen-bond donors (Lipinski definition) is 2. The molecule has 0 unspecified atom stereocenters. The summed E-state index contributed by atoms with van der Waals surface area (Å²) in [7, 11) is 0. The number of hydrogen-bond acceptors (Lipinski definition) is 2. The molecule has 0 amide bonds. The lowest BCUT2D eigenvalue weighted by Gasteiger charge is -1.83. The number of benzene rings is 1. The van der Waals surface area contributed by atoms with Gasteiger partial charge in [-0.15, -0.1) is 0 Å². The molecule has 3 nitrogen and oxygen atoms in total. The quantitative estimate of drug-likeness (QED) is 0.665. The van der Waals surface area contributed by atoms with Crippen molar-refractivity contribution in [3.8, 4) is 0 Å². The zero-order valence-corrected chi connectivity index (χ0v) is 7.73. The minimum atomic E-state index is 0.847. The van der Waals surface area contributed by atoms with Gasteiger partial charge >= 0.3 is 0 Å². The van der Waals surface area contributed by atoms with E-state index in [0.717, 1.165) is 6.54 Å². The molecule has 3 rings (SSSR count). The third kappa shape index (κ3) is 2.14. The summed E-state index contributed by atoms with van der Waals surface area (Å²) in [6.07, 6.45) is 5.48. The van der Waals surface area contributed by atoms with Gasteiger partial charge in [-0.3, -0.25) is 0 Å². The molecule has 1 aromatic heterocycles. The molecule has 1 aromatic carbocycles. The summed E-state index contributed by atoms with van der Waals surface area (Å²) in [4.78, 5) is 7.63. The van der Waals surface area contributed by atoms with Crippen LogP contribution in [0.15, 0.2) is 48.9 Å². The van der Waals surface area contributed by atoms with Crippen molar-refractivity contribution in [2.75, 3.05) is 6.54 Å². The molecule has 0 radical (unpaired) electrons. The molecule has 1 aliphatic rings. The number of para-hydroxylation sites is 1. The Hall–Kier alpha value is -1.74. The van der Waals surface area contributed by atoms with Crippen molar-refractivity contribution in [3.63, 3.8) is 0 Å². The van der Waals surface area contributed by atoms with Crippen molar-refractivity contribution in [1.82, 2.24) is 10.5 Å². The maximum atomic E-state index is 4.51. The molecule has 2 heterocycles. The van der Waals surface area contributed by atoms with Gasteiger partial charge in [-0.1, -0.05) is 18.2 Å². The van der Waals surface area contributed by atoms with E-state index in [0.29, 0.717) is 0 Å². The summed E-state index contributed by atoms with van der Waals surface area (Å²) in [5.74, 6) is 0. The number of aromatic nitrogens is 1. The first kappa shape index (κ1) is 8.84. The van der Waals surface area contributed by atoms with Crippen molar-refractivity contribution in [1.29, 1.82) is 0 Å². The molecule has 0 bridgehead atoms. The van der Waals surface area contributed by atoms with Gasteiger partial charge in [0.1, 0.15) is 6.26 Å². The molecule has 0 spiro atoms. The van der Waals surface area contributed by atoms with Gasteiger partial charge in [0.15, 0.2) is 0 Å². The van der Waals surface area contributed by atoms with Crippen LogP contribution in [0.4, 0.5) is 0 Å². The molecule has 3 heteroatoms. The van der Waals surface area contributed by atoms with Crippen molar-refractivity contribution in [3.05, 3.63) is 48.9 Å². The van der Waals surface area contributed by atoms with Crippen molar-refractivity contribution in [2.45, 2.75) is 0 Å². The Morgan fingerprint density at radius 1 is 1.14 bits per heavy atom. The highest BCUT2D eigenvalue weighted by Gasteiger charge is 1.86. The molecule has 1 aliphatic heterocycles. The van der Waals surface area contributed by atoms with Gasteiger partial charge in [0, 0.05) is 11.7 Å². The third-order valence-corrected chi connectivity index (χ3v) is 1.91. The van der Waals surface area contributed by atoms with Gasteiger partial charge in [0.25, 0.3) is 0 Å². The lowest BCUT2D eigenvalue weighted by Crippen LogP contribution is -2.02. The molecule has 2 N–H and O–H groups in total. The number of aromatic amines is 1. The monoisotopic (exact) mass is 188 g/mol. The Kier molecular flexibility index (Phi) is 2.83. The molecular weight excluding hydrogens is 176 g/mol. The summed E-state index contributed by atoms with van der Waals surface area (Å²) in [5, 5.41) is 1.28. The average Bonchev–Trinajstić information content (AvgIpc) is 2.92. The SMILES string of the molecule is C1=CONC1.c1ccc2[nH]ccc2c1. The van der Waals surface area contributed by atoms with Crippen LogP contribution in [0.5, 0.6) is 0 Å². The van der Waals surface area contributed by atoms with Crippen LogP contribution < -0.4 is 5.48 Å². The maximum Gasteiger partial charge on any atom is 0.108 e. The number of rotatable bonds is 0. The Morgan fingerprint density at radius 3 is 2.71 bits per heavy atom. The molecule has 0 aliphatic carbocycles. The van der Waals surface area contributed by atoms with E-state index in [1.165, 1.54) is 10.9 Å². The number of fused-ring (bicyclic) bond motifs is 1. The second kappa shape index (κ2) is 4.48. The lowest BCUT2D eigenvalue weighted by molar-refractivity contribution is 0.168. The fraction of sp³-hybridized carbons (Fsp3) is 0.0909. The van der Waals surface area contributed by atoms with Crippen molar-refractivity contribution >= 4 is 10.9 Å². The molecule has 0 fully saturated rings. The number of H-pyrrole nitrogens is 1. The van der Waals surface area contributed by atoms with E-state index in [1.54, 1.807) is 6.26 Å². The molecular formula is C11H12N2O. The van der Waals surface area contributed by atoms with Gasteiger partial charge in [0.2, 0.25) is 0 Å². The van der Waals surface area contributed by atoms with Gasteiger partial charge in [-0.25, -0.2) is 0 Å². The van der Waals surface area contributed by atoms with Crippen LogP contribution in [0.3, 0.4) is 0 Å². The molecule has 0 atom stereocenters. The van der Waals surface area contributed by atoms with Gasteiger partial charge < -0.3 is 9.82 Å². The van der Waals surface area contributed by atoms with Crippen LogP contribution in [-0.2, 0) is 4.84 Å². The highest BCUT2D eigenvalue weighted by molar-refractivity contribution is 5.78. The van der Waals surface area contributed by atoms with E-state index in [1.807, 2.05) is 24.4 Å². The zero-order chi connectivity index (χ0) is 9.64. The van der Waals surface area contributed by atoms with Gasteiger partial charge in [-0.05, 0) is 23.6 Å². The first-order valence-corrected chi connectivity index (χ1v) is 4.52. The second-order valence-electron chi connectivity index (χ2n) is 2.90. The highest BCUT2D eigenvalue weighted by atomic mass is 16.6. The summed E-state index contributed by atoms with van der Waals surface area (Å²) in [6, 6.07) is 10.3. The van der Waals surface area contributed by atoms with Gasteiger partial charge in [0.05, 0.1) is 6.54 Å². The van der Waals surface area contributed by atoms with Crippen molar-refractivity contribution in [2.24, 2.45) is 0 Å². The number of nitrogens with one attached hydrogen (secondary N) is 2. The van der Waals surface area contributed by atoms with Gasteiger partial charge in [-0.2, -0.15) is 5.48 Å². The Bertz CT molecular complexity index is 384. The molecule has 0 saturated carbocycles. The van der Waals surface area contributed by atoms with Crippen LogP contribution in [0.1, 0.15) is 0 Å². The van der Waals surface area contributed by atoms with E-state index >= 15 is 0 Å². The zero-order valence-electron chi connectivity index (χ0n) is 7.73. The smallest absolute Gasteiger partial charge is 0.108 e. The van der Waals surface area contributed by atoms with Crippen molar-refractivity contribution < 1.29 is 4.84 Å². The molecule has 14 heavy (non-hydrogen) atoms. The number of hydroxylamine groups is 1. The molecule has 2 aromatic rings. The summed E-state index contributed by atoms with van der Waals surface area (Å²) in [6.45, 7) is 0.847. The fourth-order valence-electron chi connectivity index (χ4n) is 1.24. The van der Waals surface area contributed by atoms with Crippen LogP contribution >= 0.6 is 0 Å². The Labute approximate surface area is 82.3 Å². The minimum Gasteiger partial charge on any atom is -0.417 e. The summed E-state index contributed by atoms with van der Waals surface area (Å²) < 4.78 is 0. The topological polar surface area (TPSA) is 37.0 Å². The van der Waals surface area contributed by atoms with Crippen LogP contribution in [0.25, 0.3) is 10.9 Å². The third-order valence-electron chi connectivity index (χ3n) is 1.91. The predicted molar refractivity (Wildman–Crippen MR) is 56.5 cm³/mol. The predicted octanol–water partition coefficient (Wildman–Crippen LogP) is 2.20. The van der Waals surface area contributed by atoms with E-state index in [-0.39, 0.29) is 0 Å². The summed E-state index contributed by atoms with van der Waals surface area (Å²) in [5.41, 5.74) is 3.82. The maximum absolute atomic E-state index is 4.51. The average molecular weight is 188 g/mol. The minimum absolute atomic E-state index is 0.847. The van der Waals surface area contributed by atoms with E-state index < -0.39 is 0 Å². The summed E-state index contributed by atoms with van der Waals surface area (Å²) >= 11 is 0. The highest BCUT2D eigenvalue weighted by Crippen LogP contribution is 2.09. The lowest BCUT2D eigenvalue weighted by atomic mass is 10.3. The molecule has 72 valence electrons. The van der Waals surface area contributed by atoms with Crippen LogP contribution in [0, 0.1) is 0 Å². The fourth-order valence-corrected chi connectivity index (χ4v) is 1.24. The first-order valence-electron chi connectivity index (χ1n) is 4.52. The van der Waals surface area contributed by atoms with E-state index in [2.05, 4.69) is 33.5 Å². The van der Waals surface area contributed by atoms with E-state index in [4.69, 9.17) is 0 Å². The van der Waals surface area contributed by atoms with Crippen LogP contribution in [0.2, 0.25) is 0 Å². The first-order chi connectivity index (χ1) is 6.97.